The molecule has 0 aromatic rings. The van der Waals surface area contributed by atoms with Crippen LogP contribution in [0.4, 0.5) is 0 Å². The average Bonchev–Trinajstić information content (AvgIpc) is 2.67. The quantitative estimate of drug-likeness (QED) is 0.287. The number of carboxylic acids is 1. The van der Waals surface area contributed by atoms with E-state index in [1.165, 1.54) is 0 Å². The van der Waals surface area contributed by atoms with E-state index in [1.807, 2.05) is 6.92 Å². The predicted molar refractivity (Wildman–Crippen MR) is 49.0 cm³/mol. The summed E-state index contributed by atoms with van der Waals surface area (Å²) in [6.07, 6.45) is 8.08. The fourth-order valence-electron chi connectivity index (χ4n) is 1.79. The van der Waals surface area contributed by atoms with Gasteiger partial charge in [-0.25, -0.2) is 5.57 Å². The Balaban J connectivity index is -0.000000356. The summed E-state index contributed by atoms with van der Waals surface area (Å²) in [6, 6.07) is 0. The zero-order valence-electron chi connectivity index (χ0n) is 10.7. The number of carbonyl (C=O) groups excluding carboxylic acids is 3. The third-order valence-electron chi connectivity index (χ3n) is 2.35. The van der Waals surface area contributed by atoms with E-state index in [0.717, 1.165) is 25.7 Å². The molecule has 0 saturated heterocycles. The number of hydrogen-bond acceptors (Lipinski definition) is 4. The molecule has 0 radical (unpaired) electrons. The average molecular weight is 256 g/mol. The van der Waals surface area contributed by atoms with E-state index in [2.05, 4.69) is 6.08 Å². The Morgan fingerprint density at radius 3 is 2.00 bits per heavy atom. The SMILES string of the molecule is CC[C-]=C(C(=O)[O-])C1CCCC1.O=C=O.[Na+].[Na+]. The molecule has 0 aromatic carbocycles. The van der Waals surface area contributed by atoms with Crippen molar-refractivity contribution in [2.24, 2.45) is 5.92 Å². The molecule has 1 rings (SSSR count). The first kappa shape index (κ1) is 22.7. The van der Waals surface area contributed by atoms with Gasteiger partial charge in [-0.3, -0.25) is 6.08 Å². The van der Waals surface area contributed by atoms with E-state index in [9.17, 15) is 9.90 Å². The van der Waals surface area contributed by atoms with Gasteiger partial charge in [-0.15, -0.1) is 12.4 Å². The van der Waals surface area contributed by atoms with Crippen LogP contribution in [0, 0.1) is 12.0 Å². The van der Waals surface area contributed by atoms with Crippen molar-refractivity contribution in [2.75, 3.05) is 0 Å². The molecule has 4 nitrogen and oxygen atoms in total. The van der Waals surface area contributed by atoms with Crippen molar-refractivity contribution >= 4 is 12.1 Å². The van der Waals surface area contributed by atoms with E-state index in [4.69, 9.17) is 9.59 Å². The van der Waals surface area contributed by atoms with E-state index in [1.54, 1.807) is 0 Å². The molecule has 1 aliphatic rings. The summed E-state index contributed by atoms with van der Waals surface area (Å²) >= 11 is 0. The molecule has 1 aliphatic carbocycles. The van der Waals surface area contributed by atoms with Crippen molar-refractivity contribution < 1.29 is 78.6 Å². The standard InChI is InChI=1S/C10H15O2.CO2.2Na/c1-2-5-9(10(11)12)8-6-3-4-7-8;2-1-3;;/h8H,2-4,6-7H2,1H3,(H,11,12);;;/q-1;;2*+1/p-1. The van der Waals surface area contributed by atoms with E-state index in [0.29, 0.717) is 12.0 Å². The molecule has 1 fully saturated rings. The van der Waals surface area contributed by atoms with Crippen LogP contribution in [0.3, 0.4) is 0 Å². The second-order valence-electron chi connectivity index (χ2n) is 3.30. The van der Waals surface area contributed by atoms with E-state index >= 15 is 0 Å². The summed E-state index contributed by atoms with van der Waals surface area (Å²) in [7, 11) is 0. The van der Waals surface area contributed by atoms with Crippen LogP contribution in [0.15, 0.2) is 5.57 Å². The number of rotatable bonds is 3. The Morgan fingerprint density at radius 1 is 1.29 bits per heavy atom. The third-order valence-corrected chi connectivity index (χ3v) is 2.35. The van der Waals surface area contributed by atoms with Gasteiger partial charge in [0.25, 0.3) is 0 Å². The van der Waals surface area contributed by atoms with Crippen LogP contribution in [0.1, 0.15) is 39.0 Å². The first-order chi connectivity index (χ1) is 7.17. The van der Waals surface area contributed by atoms with Crippen LogP contribution in [0.5, 0.6) is 0 Å². The van der Waals surface area contributed by atoms with Gasteiger partial charge in [0.15, 0.2) is 0 Å². The minimum Gasteiger partial charge on any atom is -0.658 e. The van der Waals surface area contributed by atoms with Crippen molar-refractivity contribution in [1.29, 1.82) is 0 Å². The smallest absolute Gasteiger partial charge is 0.658 e. The van der Waals surface area contributed by atoms with Crippen molar-refractivity contribution in [3.8, 4) is 0 Å². The minimum absolute atomic E-state index is 0. The molecule has 0 bridgehead atoms. The molecule has 0 atom stereocenters. The minimum atomic E-state index is -1.02. The van der Waals surface area contributed by atoms with Gasteiger partial charge in [0.1, 0.15) is 0 Å². The number of hydrogen-bond donors (Lipinski definition) is 0. The van der Waals surface area contributed by atoms with Gasteiger partial charge < -0.3 is 9.90 Å². The van der Waals surface area contributed by atoms with Gasteiger partial charge in [-0.2, -0.15) is 9.59 Å². The Morgan fingerprint density at radius 2 is 1.71 bits per heavy atom. The first-order valence-corrected chi connectivity index (χ1v) is 4.98. The topological polar surface area (TPSA) is 74.3 Å². The van der Waals surface area contributed by atoms with Crippen LogP contribution < -0.4 is 64.2 Å². The second-order valence-corrected chi connectivity index (χ2v) is 3.30. The zero-order chi connectivity index (χ0) is 11.7. The van der Waals surface area contributed by atoms with Gasteiger partial charge in [0.2, 0.25) is 0 Å². The molecule has 0 spiro atoms. The number of allylic oxidation sites excluding steroid dienone is 1. The molecule has 84 valence electrons. The Kier molecular flexibility index (Phi) is 19.6. The molecule has 1 saturated carbocycles. The van der Waals surface area contributed by atoms with E-state index in [-0.39, 0.29) is 71.2 Å². The third kappa shape index (κ3) is 10.2. The summed E-state index contributed by atoms with van der Waals surface area (Å²) in [5, 5.41) is 10.7. The largest absolute Gasteiger partial charge is 1.00 e. The molecule has 0 unspecified atom stereocenters. The molecule has 0 heterocycles. The van der Waals surface area contributed by atoms with E-state index < -0.39 is 5.97 Å². The maximum absolute atomic E-state index is 10.7. The van der Waals surface area contributed by atoms with Gasteiger partial charge >= 0.3 is 65.3 Å². The first-order valence-electron chi connectivity index (χ1n) is 4.98. The van der Waals surface area contributed by atoms with Crippen molar-refractivity contribution in [1.82, 2.24) is 0 Å². The number of carboxylic acid groups (broad SMARTS) is 1. The summed E-state index contributed by atoms with van der Waals surface area (Å²) in [6.45, 7) is 1.90. The summed E-state index contributed by atoms with van der Waals surface area (Å²) < 4.78 is 0. The zero-order valence-corrected chi connectivity index (χ0v) is 14.7. The van der Waals surface area contributed by atoms with Gasteiger partial charge in [0, 0.05) is 0 Å². The molecular formula is C11H14Na2O4. The normalized spacial score (nSPS) is 14.5. The predicted octanol–water partition coefficient (Wildman–Crippen LogP) is -5.51. The molecular weight excluding hydrogens is 242 g/mol. The fraction of sp³-hybridized carbons (Fsp3) is 0.636. The monoisotopic (exact) mass is 256 g/mol. The maximum atomic E-state index is 10.7. The molecule has 0 amide bonds. The Hall–Kier alpha value is 0.590. The van der Waals surface area contributed by atoms with Crippen molar-refractivity contribution in [3.63, 3.8) is 0 Å². The van der Waals surface area contributed by atoms with Gasteiger partial charge in [0.05, 0.1) is 0 Å². The van der Waals surface area contributed by atoms with Crippen LogP contribution >= 0.6 is 0 Å². The maximum Gasteiger partial charge on any atom is 1.00 e. The fourth-order valence-corrected chi connectivity index (χ4v) is 1.79. The summed E-state index contributed by atoms with van der Waals surface area (Å²) in [5.41, 5.74) is 0.412. The van der Waals surface area contributed by atoms with Crippen LogP contribution in [-0.4, -0.2) is 12.1 Å². The second kappa shape index (κ2) is 14.7. The van der Waals surface area contributed by atoms with Crippen LogP contribution in [-0.2, 0) is 14.4 Å². The van der Waals surface area contributed by atoms with Crippen molar-refractivity contribution in [3.05, 3.63) is 11.6 Å². The van der Waals surface area contributed by atoms with Crippen LogP contribution in [0.25, 0.3) is 0 Å². The molecule has 17 heavy (non-hydrogen) atoms. The molecule has 6 heteroatoms. The van der Waals surface area contributed by atoms with Gasteiger partial charge in [-0.05, 0) is 18.8 Å². The van der Waals surface area contributed by atoms with Crippen LogP contribution in [0.2, 0.25) is 0 Å². The van der Waals surface area contributed by atoms with Crippen molar-refractivity contribution in [2.45, 2.75) is 39.0 Å². The van der Waals surface area contributed by atoms with Gasteiger partial charge in [-0.1, -0.05) is 19.8 Å². The summed E-state index contributed by atoms with van der Waals surface area (Å²) in [4.78, 5) is 26.9. The molecule has 0 aromatic heterocycles. The Labute approximate surface area is 146 Å². The summed E-state index contributed by atoms with van der Waals surface area (Å²) in [5.74, 6) is -0.807. The molecule has 0 aliphatic heterocycles. The number of carbonyl (C=O) groups is 1. The Bertz CT molecular complexity index is 265. The molecule has 0 N–H and O–H groups in total. The number of aliphatic carboxylic acids is 1.